The normalized spacial score (nSPS) is 19.1. The van der Waals surface area contributed by atoms with Gasteiger partial charge in [0.2, 0.25) is 0 Å². The molecule has 1 aromatic rings. The van der Waals surface area contributed by atoms with Crippen molar-refractivity contribution in [2.75, 3.05) is 24.5 Å². The molecule has 0 aromatic carbocycles. The molecule has 1 fully saturated rings. The van der Waals surface area contributed by atoms with Gasteiger partial charge in [0.15, 0.2) is 0 Å². The molecule has 0 spiro atoms. The predicted octanol–water partition coefficient (Wildman–Crippen LogP) is 1.14. The minimum absolute atomic E-state index is 0.247. The quantitative estimate of drug-likeness (QED) is 0.774. The molecule has 1 aliphatic rings. The van der Waals surface area contributed by atoms with Crippen LogP contribution in [0.1, 0.15) is 44.1 Å². The topological polar surface area (TPSA) is 101 Å². The fourth-order valence-electron chi connectivity index (χ4n) is 2.89. The van der Waals surface area contributed by atoms with E-state index in [9.17, 15) is 8.42 Å². The smallest absolute Gasteiger partial charge is 0.274 e. The van der Waals surface area contributed by atoms with Crippen LogP contribution in [0.25, 0.3) is 0 Å². The number of hydrogen-bond acceptors (Lipinski definition) is 5. The molecule has 23 heavy (non-hydrogen) atoms. The van der Waals surface area contributed by atoms with E-state index >= 15 is 0 Å². The molecular formula is C15H27N5O2S. The highest BCUT2D eigenvalue weighted by molar-refractivity contribution is 7.87. The second kappa shape index (κ2) is 8.03. The molecule has 1 aliphatic heterocycles. The van der Waals surface area contributed by atoms with Crippen LogP contribution in [0, 0.1) is 12.8 Å². The Morgan fingerprint density at radius 2 is 2.22 bits per heavy atom. The number of aryl methyl sites for hydroxylation is 2. The van der Waals surface area contributed by atoms with E-state index in [2.05, 4.69) is 26.5 Å². The summed E-state index contributed by atoms with van der Waals surface area (Å²) in [5, 5.41) is 5.01. The van der Waals surface area contributed by atoms with E-state index in [-0.39, 0.29) is 5.92 Å². The molecule has 1 saturated heterocycles. The first-order valence-corrected chi connectivity index (χ1v) is 9.79. The number of piperidine rings is 1. The van der Waals surface area contributed by atoms with Crippen LogP contribution in [-0.4, -0.2) is 38.0 Å². The van der Waals surface area contributed by atoms with Gasteiger partial charge in [0.25, 0.3) is 10.2 Å². The minimum Gasteiger partial charge on any atom is -0.356 e. The standard InChI is InChI=1S/C15H27N5O2S/c1-3-4-7-14-18-12(2)9-15(19-14)20-8-5-6-13(11-20)10-17-23(16,21)22/h9,13,17H,3-8,10-11H2,1-2H3,(H2,16,21,22)/t13-/m0/s1. The molecule has 8 heteroatoms. The van der Waals surface area contributed by atoms with Gasteiger partial charge in [-0.15, -0.1) is 0 Å². The third kappa shape index (κ3) is 6.04. The summed E-state index contributed by atoms with van der Waals surface area (Å²) in [6.45, 7) is 6.25. The van der Waals surface area contributed by atoms with Gasteiger partial charge < -0.3 is 4.90 Å². The fourth-order valence-corrected chi connectivity index (χ4v) is 3.36. The van der Waals surface area contributed by atoms with Crippen molar-refractivity contribution < 1.29 is 8.42 Å². The summed E-state index contributed by atoms with van der Waals surface area (Å²) >= 11 is 0. The van der Waals surface area contributed by atoms with Gasteiger partial charge in [0.05, 0.1) is 0 Å². The molecule has 0 bridgehead atoms. The zero-order valence-electron chi connectivity index (χ0n) is 14.0. The molecule has 130 valence electrons. The van der Waals surface area contributed by atoms with Crippen molar-refractivity contribution >= 4 is 16.0 Å². The fraction of sp³-hybridized carbons (Fsp3) is 0.733. The maximum absolute atomic E-state index is 11.0. The van der Waals surface area contributed by atoms with E-state index in [1.807, 2.05) is 13.0 Å². The lowest BCUT2D eigenvalue weighted by atomic mass is 9.98. The molecule has 0 aliphatic carbocycles. The third-order valence-corrected chi connectivity index (χ3v) is 4.63. The maximum atomic E-state index is 11.0. The van der Waals surface area contributed by atoms with Gasteiger partial charge in [-0.05, 0) is 32.1 Å². The van der Waals surface area contributed by atoms with Crippen molar-refractivity contribution in [3.8, 4) is 0 Å². The van der Waals surface area contributed by atoms with Crippen LogP contribution in [0.3, 0.4) is 0 Å². The van der Waals surface area contributed by atoms with Gasteiger partial charge in [-0.3, -0.25) is 0 Å². The van der Waals surface area contributed by atoms with E-state index in [1.165, 1.54) is 0 Å². The number of nitrogens with zero attached hydrogens (tertiary/aromatic N) is 3. The first-order chi connectivity index (χ1) is 10.9. The molecule has 2 heterocycles. The van der Waals surface area contributed by atoms with Gasteiger partial charge in [-0.1, -0.05) is 13.3 Å². The van der Waals surface area contributed by atoms with Crippen LogP contribution in [0.2, 0.25) is 0 Å². The lowest BCUT2D eigenvalue weighted by molar-refractivity contribution is 0.409. The van der Waals surface area contributed by atoms with Crippen LogP contribution in [0.4, 0.5) is 5.82 Å². The Morgan fingerprint density at radius 1 is 1.43 bits per heavy atom. The maximum Gasteiger partial charge on any atom is 0.274 e. The van der Waals surface area contributed by atoms with E-state index in [4.69, 9.17) is 5.14 Å². The summed E-state index contributed by atoms with van der Waals surface area (Å²) in [6, 6.07) is 2.00. The van der Waals surface area contributed by atoms with Gasteiger partial charge in [-0.25, -0.2) is 19.8 Å². The van der Waals surface area contributed by atoms with Crippen molar-refractivity contribution in [1.29, 1.82) is 0 Å². The molecule has 1 aromatic heterocycles. The predicted molar refractivity (Wildman–Crippen MR) is 91.4 cm³/mol. The number of rotatable bonds is 7. The van der Waals surface area contributed by atoms with Crippen molar-refractivity contribution in [2.24, 2.45) is 11.1 Å². The average molecular weight is 341 g/mol. The minimum atomic E-state index is -3.62. The summed E-state index contributed by atoms with van der Waals surface area (Å²) in [5.41, 5.74) is 0.978. The zero-order chi connectivity index (χ0) is 16.9. The van der Waals surface area contributed by atoms with Crippen LogP contribution in [0.5, 0.6) is 0 Å². The second-order valence-corrected chi connectivity index (χ2v) is 7.61. The highest BCUT2D eigenvalue weighted by Gasteiger charge is 2.22. The van der Waals surface area contributed by atoms with E-state index < -0.39 is 10.2 Å². The molecule has 1 atom stereocenters. The van der Waals surface area contributed by atoms with Crippen molar-refractivity contribution in [3.63, 3.8) is 0 Å². The molecule has 7 nitrogen and oxygen atoms in total. The molecule has 0 radical (unpaired) electrons. The number of nitrogens with one attached hydrogen (secondary N) is 1. The van der Waals surface area contributed by atoms with Crippen LogP contribution >= 0.6 is 0 Å². The number of nitrogens with two attached hydrogens (primary N) is 1. The second-order valence-electron chi connectivity index (χ2n) is 6.24. The van der Waals surface area contributed by atoms with Gasteiger partial charge >= 0.3 is 0 Å². The van der Waals surface area contributed by atoms with Crippen molar-refractivity contribution in [3.05, 3.63) is 17.6 Å². The Morgan fingerprint density at radius 3 is 2.91 bits per heavy atom. The summed E-state index contributed by atoms with van der Waals surface area (Å²) in [4.78, 5) is 11.4. The average Bonchev–Trinajstić information content (AvgIpc) is 2.50. The first kappa shape index (κ1) is 18.1. The van der Waals surface area contributed by atoms with E-state index in [0.29, 0.717) is 6.54 Å². The van der Waals surface area contributed by atoms with Gasteiger partial charge in [-0.2, -0.15) is 8.42 Å². The summed E-state index contributed by atoms with van der Waals surface area (Å²) < 4.78 is 24.5. The van der Waals surface area contributed by atoms with Crippen molar-refractivity contribution in [1.82, 2.24) is 14.7 Å². The van der Waals surface area contributed by atoms with Gasteiger partial charge in [0.1, 0.15) is 11.6 Å². The Labute approximate surface area is 138 Å². The molecule has 0 saturated carbocycles. The molecular weight excluding hydrogens is 314 g/mol. The number of unbranched alkanes of at least 4 members (excludes halogenated alkanes) is 1. The molecule has 0 unspecified atom stereocenters. The monoisotopic (exact) mass is 341 g/mol. The Hall–Kier alpha value is -1.25. The zero-order valence-corrected chi connectivity index (χ0v) is 14.8. The van der Waals surface area contributed by atoms with E-state index in [1.54, 1.807) is 0 Å². The van der Waals surface area contributed by atoms with Crippen LogP contribution in [-0.2, 0) is 16.6 Å². The molecule has 2 rings (SSSR count). The van der Waals surface area contributed by atoms with Crippen LogP contribution < -0.4 is 14.8 Å². The van der Waals surface area contributed by atoms with E-state index in [0.717, 1.165) is 62.5 Å². The number of hydrogen-bond donors (Lipinski definition) is 2. The number of anilines is 1. The Balaban J connectivity index is 2.04. The summed E-state index contributed by atoms with van der Waals surface area (Å²) in [7, 11) is -3.62. The Bertz CT molecular complexity index is 620. The molecule has 0 amide bonds. The molecule has 3 N–H and O–H groups in total. The summed E-state index contributed by atoms with van der Waals surface area (Å²) in [5.74, 6) is 2.09. The number of aromatic nitrogens is 2. The lowest BCUT2D eigenvalue weighted by Crippen LogP contribution is -2.42. The third-order valence-electron chi connectivity index (χ3n) is 4.06. The highest BCUT2D eigenvalue weighted by atomic mass is 32.2. The van der Waals surface area contributed by atoms with Crippen LogP contribution in [0.15, 0.2) is 6.07 Å². The first-order valence-electron chi connectivity index (χ1n) is 8.24. The lowest BCUT2D eigenvalue weighted by Gasteiger charge is -2.33. The Kier molecular flexibility index (Phi) is 6.32. The highest BCUT2D eigenvalue weighted by Crippen LogP contribution is 2.22. The SMILES string of the molecule is CCCCc1nc(C)cc(N2CCC[C@@H](CNS(N)(=O)=O)C2)n1. The summed E-state index contributed by atoms with van der Waals surface area (Å²) in [6.07, 6.45) is 5.12. The van der Waals surface area contributed by atoms with Gasteiger partial charge in [0, 0.05) is 37.8 Å². The largest absolute Gasteiger partial charge is 0.356 e. The van der Waals surface area contributed by atoms with Crippen molar-refractivity contribution in [2.45, 2.75) is 46.0 Å².